The summed E-state index contributed by atoms with van der Waals surface area (Å²) < 4.78 is 6.54. The lowest BCUT2D eigenvalue weighted by atomic mass is 9.96. The van der Waals surface area contributed by atoms with E-state index < -0.39 is 0 Å². The van der Waals surface area contributed by atoms with Crippen LogP contribution in [0.4, 0.5) is 0 Å². The maximum Gasteiger partial charge on any atom is 0.302 e. The van der Waals surface area contributed by atoms with E-state index in [1.165, 1.54) is 23.9 Å². The molecule has 0 bridgehead atoms. The van der Waals surface area contributed by atoms with E-state index in [-0.39, 0.29) is 76.4 Å². The van der Waals surface area contributed by atoms with Crippen LogP contribution in [-0.2, 0) is 20.9 Å². The van der Waals surface area contributed by atoms with Crippen LogP contribution in [0.15, 0.2) is 29.3 Å². The summed E-state index contributed by atoms with van der Waals surface area (Å²) in [6.45, 7) is 1.98. The third-order valence-electron chi connectivity index (χ3n) is 4.59. The molecule has 1 aliphatic rings. The molecule has 2 aromatic rings. The fraction of sp³-hybridized carbons (Fsp3) is 0.421. The van der Waals surface area contributed by atoms with Gasteiger partial charge in [-0.2, -0.15) is 5.26 Å². The second-order valence-electron chi connectivity index (χ2n) is 6.61. The molecule has 0 spiro atoms. The average Bonchev–Trinajstić information content (AvgIpc) is 2.65. The van der Waals surface area contributed by atoms with Crippen molar-refractivity contribution >= 4 is 56.6 Å². The van der Waals surface area contributed by atoms with Gasteiger partial charge in [-0.05, 0) is 37.6 Å². The summed E-state index contributed by atoms with van der Waals surface area (Å²) in [7, 11) is 0. The summed E-state index contributed by atoms with van der Waals surface area (Å²) >= 11 is 0. The minimum Gasteiger partial charge on any atom is -0.461 e. The number of nitrogens with zero attached hydrogens (tertiary/aromatic N) is 3. The van der Waals surface area contributed by atoms with E-state index in [4.69, 9.17) is 10.00 Å². The number of halogens is 2. The minimum atomic E-state index is -0.371. The predicted molar refractivity (Wildman–Crippen MR) is 118 cm³/mol. The van der Waals surface area contributed by atoms with Gasteiger partial charge in [0.05, 0.1) is 41.4 Å². The molecule has 1 fully saturated rings. The lowest BCUT2D eigenvalue weighted by molar-refractivity contribution is -0.150. The van der Waals surface area contributed by atoms with E-state index >= 15 is 0 Å². The van der Waals surface area contributed by atoms with Gasteiger partial charge in [-0.25, -0.2) is 4.98 Å². The number of ketones is 1. The van der Waals surface area contributed by atoms with Crippen molar-refractivity contribution in [1.82, 2.24) is 14.9 Å². The maximum absolute atomic E-state index is 12.6. The quantitative estimate of drug-likeness (QED) is 0.589. The summed E-state index contributed by atoms with van der Waals surface area (Å²) in [6.07, 6.45) is 2.73. The zero-order valence-corrected chi connectivity index (χ0v) is 19.2. The molecule has 0 aliphatic carbocycles. The van der Waals surface area contributed by atoms with Crippen LogP contribution < -0.4 is 10.9 Å². The molecule has 2 heterocycles. The van der Waals surface area contributed by atoms with Crippen molar-refractivity contribution < 1.29 is 14.3 Å². The Morgan fingerprint density at radius 1 is 1.38 bits per heavy atom. The molecule has 1 saturated heterocycles. The highest BCUT2D eigenvalue weighted by atomic mass is 79.9. The van der Waals surface area contributed by atoms with Gasteiger partial charge >= 0.3 is 5.97 Å². The number of hydrogen-bond acceptors (Lipinski definition) is 7. The van der Waals surface area contributed by atoms with Crippen molar-refractivity contribution in [1.29, 1.82) is 5.26 Å². The van der Waals surface area contributed by atoms with Crippen molar-refractivity contribution in [3.8, 4) is 6.07 Å². The molecule has 1 N–H and O–H groups in total. The van der Waals surface area contributed by atoms with Gasteiger partial charge in [0.25, 0.3) is 5.56 Å². The molecule has 0 radical (unpaired) electrons. The molecule has 1 aromatic carbocycles. The first-order chi connectivity index (χ1) is 13.0. The van der Waals surface area contributed by atoms with Gasteiger partial charge in [-0.3, -0.25) is 19.0 Å². The molecule has 1 aliphatic heterocycles. The molecule has 3 rings (SSSR count). The van der Waals surface area contributed by atoms with Crippen LogP contribution in [0.2, 0.25) is 0 Å². The number of piperidine rings is 1. The van der Waals surface area contributed by atoms with Crippen LogP contribution in [0.3, 0.4) is 0 Å². The molecular weight excluding hydrogens is 508 g/mol. The Balaban J connectivity index is 0.00000210. The lowest BCUT2D eigenvalue weighted by Crippen LogP contribution is -2.48. The number of esters is 1. The third-order valence-corrected chi connectivity index (χ3v) is 4.59. The molecule has 0 saturated carbocycles. The Labute approximate surface area is 188 Å². The Morgan fingerprint density at radius 2 is 2.14 bits per heavy atom. The van der Waals surface area contributed by atoms with Crippen molar-refractivity contribution in [2.45, 2.75) is 44.9 Å². The number of fused-ring (bicyclic) bond motifs is 1. The maximum atomic E-state index is 12.6. The molecule has 29 heavy (non-hydrogen) atoms. The zero-order valence-electron chi connectivity index (χ0n) is 15.8. The molecule has 2 unspecified atom stereocenters. The molecule has 2 atom stereocenters. The van der Waals surface area contributed by atoms with Crippen molar-refractivity contribution in [2.75, 3.05) is 6.54 Å². The highest BCUT2D eigenvalue weighted by Gasteiger charge is 2.29. The second kappa shape index (κ2) is 11.2. The van der Waals surface area contributed by atoms with E-state index in [1.54, 1.807) is 12.1 Å². The Kier molecular flexibility index (Phi) is 9.62. The third kappa shape index (κ3) is 6.19. The number of nitriles is 1. The first-order valence-corrected chi connectivity index (χ1v) is 8.79. The number of carbonyl (C=O) groups excluding carboxylic acids is 2. The van der Waals surface area contributed by atoms with Gasteiger partial charge < -0.3 is 10.1 Å². The molecule has 0 amide bonds. The number of aromatic nitrogens is 2. The largest absolute Gasteiger partial charge is 0.461 e. The van der Waals surface area contributed by atoms with Crippen LogP contribution in [0.5, 0.6) is 0 Å². The number of Topliss-reactive ketones (excluding diaryl/α,β-unsaturated/α-hetero) is 1. The topological polar surface area (TPSA) is 114 Å². The van der Waals surface area contributed by atoms with Crippen LogP contribution in [0.1, 0.15) is 31.7 Å². The Hall–Kier alpha value is -2.09. The lowest BCUT2D eigenvalue weighted by Gasteiger charge is -2.31. The number of hydrogen-bond donors (Lipinski definition) is 1. The monoisotopic (exact) mass is 528 g/mol. The zero-order chi connectivity index (χ0) is 19.4. The molecule has 156 valence electrons. The van der Waals surface area contributed by atoms with Gasteiger partial charge in [0.1, 0.15) is 6.10 Å². The van der Waals surface area contributed by atoms with E-state index in [1.807, 2.05) is 6.07 Å². The van der Waals surface area contributed by atoms with E-state index in [9.17, 15) is 14.4 Å². The standard InChI is InChI=1S/C19H20N4O4.2BrH/c1-12(24)27-18-3-2-6-21-17(18)8-14(25)10-23-11-22-16-5-4-13(9-20)7-15(16)19(23)26;;/h4-5,7,11,17-18,21H,2-3,6,8,10H2,1H3;2*1H. The normalized spacial score (nSPS) is 18.1. The number of benzene rings is 1. The van der Waals surface area contributed by atoms with E-state index in [2.05, 4.69) is 10.3 Å². The van der Waals surface area contributed by atoms with Gasteiger partial charge in [0.2, 0.25) is 0 Å². The molecular formula is C19H22Br2N4O4. The summed E-state index contributed by atoms with van der Waals surface area (Å²) in [6, 6.07) is 6.41. The highest BCUT2D eigenvalue weighted by molar-refractivity contribution is 8.93. The van der Waals surface area contributed by atoms with Gasteiger partial charge in [0, 0.05) is 13.3 Å². The first kappa shape index (κ1) is 24.9. The fourth-order valence-electron chi connectivity index (χ4n) is 3.32. The Morgan fingerprint density at radius 3 is 2.83 bits per heavy atom. The highest BCUT2D eigenvalue weighted by Crippen LogP contribution is 2.16. The van der Waals surface area contributed by atoms with Crippen molar-refractivity contribution in [2.24, 2.45) is 0 Å². The predicted octanol–water partition coefficient (Wildman–Crippen LogP) is 2.07. The Bertz CT molecular complexity index is 986. The van der Waals surface area contributed by atoms with Crippen LogP contribution >= 0.6 is 34.0 Å². The van der Waals surface area contributed by atoms with Crippen LogP contribution in [-0.4, -0.2) is 40.0 Å². The number of rotatable bonds is 5. The smallest absolute Gasteiger partial charge is 0.302 e. The first-order valence-electron chi connectivity index (χ1n) is 8.79. The van der Waals surface area contributed by atoms with Crippen molar-refractivity contribution in [3.63, 3.8) is 0 Å². The van der Waals surface area contributed by atoms with E-state index in [0.29, 0.717) is 22.9 Å². The van der Waals surface area contributed by atoms with Crippen LogP contribution in [0.25, 0.3) is 10.9 Å². The van der Waals surface area contributed by atoms with Crippen LogP contribution in [0, 0.1) is 11.3 Å². The molecule has 1 aromatic heterocycles. The van der Waals surface area contributed by atoms with E-state index in [0.717, 1.165) is 13.0 Å². The number of ether oxygens (including phenoxy) is 1. The average molecular weight is 530 g/mol. The molecule has 10 heteroatoms. The number of carbonyl (C=O) groups is 2. The summed E-state index contributed by atoms with van der Waals surface area (Å²) in [4.78, 5) is 40.5. The minimum absolute atomic E-state index is 0. The summed E-state index contributed by atoms with van der Waals surface area (Å²) in [5, 5.41) is 12.5. The summed E-state index contributed by atoms with van der Waals surface area (Å²) in [5.41, 5.74) is 0.478. The SMILES string of the molecule is Br.Br.CC(=O)OC1CCCNC1CC(=O)Cn1cnc2ccc(C#N)cc2c1=O. The van der Waals surface area contributed by atoms with Gasteiger partial charge in [-0.15, -0.1) is 34.0 Å². The number of nitrogens with one attached hydrogen (secondary N) is 1. The fourth-order valence-corrected chi connectivity index (χ4v) is 3.32. The van der Waals surface area contributed by atoms with Gasteiger partial charge in [0.15, 0.2) is 5.78 Å². The summed E-state index contributed by atoms with van der Waals surface area (Å²) in [5.74, 6) is -0.532. The molecule has 8 nitrogen and oxygen atoms in total. The van der Waals surface area contributed by atoms with Crippen molar-refractivity contribution in [3.05, 3.63) is 40.4 Å². The second-order valence-corrected chi connectivity index (χ2v) is 6.61. The van der Waals surface area contributed by atoms with Gasteiger partial charge in [-0.1, -0.05) is 0 Å².